The van der Waals surface area contributed by atoms with E-state index < -0.39 is 36.0 Å². The van der Waals surface area contributed by atoms with Crippen molar-refractivity contribution in [2.24, 2.45) is 17.8 Å². The second-order valence-corrected chi connectivity index (χ2v) is 14.4. The molecule has 1 fully saturated rings. The Morgan fingerprint density at radius 2 is 0.745 bits per heavy atom. The van der Waals surface area contributed by atoms with E-state index in [1.807, 2.05) is 56.2 Å². The number of methoxy groups -OCH3 is 3. The predicted octanol–water partition coefficient (Wildman–Crippen LogP) is -0.393. The van der Waals surface area contributed by atoms with Crippen molar-refractivity contribution in [3.8, 4) is 0 Å². The maximum absolute atomic E-state index is 13.3. The van der Waals surface area contributed by atoms with Gasteiger partial charge in [-0.15, -0.1) is 0 Å². The Labute approximate surface area is 304 Å². The fraction of sp³-hybridized carbons (Fsp3) is 0.829. The summed E-state index contributed by atoms with van der Waals surface area (Å²) in [6, 6.07) is -2.29. The van der Waals surface area contributed by atoms with Gasteiger partial charge >= 0.3 is 17.9 Å². The van der Waals surface area contributed by atoms with Gasteiger partial charge in [0.2, 0.25) is 17.7 Å². The number of hydrogen-bond acceptors (Lipinski definition) is 13. The van der Waals surface area contributed by atoms with Crippen molar-refractivity contribution in [3.05, 3.63) is 0 Å². The second-order valence-electron chi connectivity index (χ2n) is 14.4. The minimum Gasteiger partial charge on any atom is -0.467 e. The van der Waals surface area contributed by atoms with Gasteiger partial charge in [0, 0.05) is 52.4 Å². The summed E-state index contributed by atoms with van der Waals surface area (Å²) in [7, 11) is 3.88. The van der Waals surface area contributed by atoms with Crippen LogP contribution in [0.3, 0.4) is 0 Å². The molecular formula is C35H65N7O9. The highest BCUT2D eigenvalue weighted by Crippen LogP contribution is 2.09. The molecule has 294 valence electrons. The molecule has 1 aliphatic heterocycles. The maximum atomic E-state index is 13.3. The first-order valence-corrected chi connectivity index (χ1v) is 18.1. The summed E-state index contributed by atoms with van der Waals surface area (Å²) in [4.78, 5) is 82.5. The lowest BCUT2D eigenvalue weighted by Gasteiger charge is -2.31. The van der Waals surface area contributed by atoms with Crippen LogP contribution in [0.5, 0.6) is 0 Å². The van der Waals surface area contributed by atoms with Crippen molar-refractivity contribution < 1.29 is 43.0 Å². The molecule has 0 saturated carbocycles. The molecule has 16 nitrogen and oxygen atoms in total. The van der Waals surface area contributed by atoms with Crippen LogP contribution in [0.2, 0.25) is 0 Å². The molecule has 0 aromatic carbocycles. The van der Waals surface area contributed by atoms with E-state index >= 15 is 0 Å². The molecule has 4 N–H and O–H groups in total. The number of rotatable bonds is 18. The van der Waals surface area contributed by atoms with E-state index in [2.05, 4.69) is 21.3 Å². The van der Waals surface area contributed by atoms with Gasteiger partial charge < -0.3 is 35.5 Å². The zero-order valence-corrected chi connectivity index (χ0v) is 32.4. The third kappa shape index (κ3) is 19.7. The summed E-state index contributed by atoms with van der Waals surface area (Å²) in [6.07, 6.45) is 1.31. The number of amides is 3. The molecule has 0 aliphatic carbocycles. The van der Waals surface area contributed by atoms with Crippen molar-refractivity contribution in [3.63, 3.8) is 0 Å². The zero-order valence-electron chi connectivity index (χ0n) is 32.4. The SMILES string of the molecule is COC(=O)[C@H](CC(C)C)NC(=O)CN1CCNCCN(CC(=O)N[C@@H](CC(C)C)C(=O)OC)CCN(CC(=O)N[C@@H](CC(C)C)C(=O)OC)CC1. The summed E-state index contributed by atoms with van der Waals surface area (Å²) in [5.41, 5.74) is 0. The number of hydrogen-bond donors (Lipinski definition) is 4. The van der Waals surface area contributed by atoms with Gasteiger partial charge in [0.15, 0.2) is 0 Å². The van der Waals surface area contributed by atoms with Crippen LogP contribution in [0.25, 0.3) is 0 Å². The van der Waals surface area contributed by atoms with Crippen LogP contribution in [-0.4, -0.2) is 162 Å². The lowest BCUT2D eigenvalue weighted by atomic mass is 10.0. The maximum Gasteiger partial charge on any atom is 0.328 e. The Morgan fingerprint density at radius 1 is 0.490 bits per heavy atom. The minimum absolute atomic E-state index is 0.0263. The molecule has 0 bridgehead atoms. The molecule has 0 spiro atoms. The van der Waals surface area contributed by atoms with Gasteiger partial charge in [-0.2, -0.15) is 0 Å². The lowest BCUT2D eigenvalue weighted by molar-refractivity contribution is -0.146. The fourth-order valence-corrected chi connectivity index (χ4v) is 5.79. The molecule has 3 atom stereocenters. The van der Waals surface area contributed by atoms with Gasteiger partial charge in [0.25, 0.3) is 0 Å². The molecule has 51 heavy (non-hydrogen) atoms. The van der Waals surface area contributed by atoms with Gasteiger partial charge in [-0.25, -0.2) is 14.4 Å². The standard InChI is InChI=1S/C35H65N7O9/c1-24(2)18-27(33(46)49-7)37-30(43)21-40-12-10-36-11-13-41(22-31(44)38-28(19-25(3)4)34(47)50-8)15-17-42(16-14-40)23-32(45)39-29(20-26(5)6)35(48)51-9/h24-29,36H,10-23H2,1-9H3,(H,37,43)(H,38,44)(H,39,45)/t27-,28-,29-/m0/s1. The Bertz CT molecular complexity index is 1050. The highest BCUT2D eigenvalue weighted by atomic mass is 16.5. The van der Waals surface area contributed by atoms with Crippen molar-refractivity contribution in [1.82, 2.24) is 36.0 Å². The first-order valence-electron chi connectivity index (χ1n) is 18.1. The number of carbonyl (C=O) groups excluding carboxylic acids is 6. The Balaban J connectivity index is 3.14. The molecule has 1 saturated heterocycles. The third-order valence-electron chi connectivity index (χ3n) is 8.36. The molecule has 0 aromatic heterocycles. The van der Waals surface area contributed by atoms with Crippen LogP contribution in [-0.2, 0) is 43.0 Å². The summed E-state index contributed by atoms with van der Waals surface area (Å²) in [5, 5.41) is 11.8. The topological polar surface area (TPSA) is 188 Å². The normalized spacial score (nSPS) is 17.4. The van der Waals surface area contributed by atoms with Crippen LogP contribution in [0.15, 0.2) is 0 Å². The van der Waals surface area contributed by atoms with Crippen molar-refractivity contribution in [1.29, 1.82) is 0 Å². The Kier molecular flexibility index (Phi) is 22.2. The number of nitrogens with zero attached hydrogens (tertiary/aromatic N) is 3. The van der Waals surface area contributed by atoms with Crippen LogP contribution < -0.4 is 21.3 Å². The van der Waals surface area contributed by atoms with E-state index in [0.29, 0.717) is 71.6 Å². The molecule has 16 heteroatoms. The summed E-state index contributed by atoms with van der Waals surface area (Å²) < 4.78 is 14.7. The van der Waals surface area contributed by atoms with Crippen molar-refractivity contribution >= 4 is 35.6 Å². The largest absolute Gasteiger partial charge is 0.467 e. The van der Waals surface area contributed by atoms with E-state index in [4.69, 9.17) is 14.2 Å². The van der Waals surface area contributed by atoms with Crippen LogP contribution in [0, 0.1) is 17.8 Å². The van der Waals surface area contributed by atoms with Crippen LogP contribution in [0.4, 0.5) is 0 Å². The summed E-state index contributed by atoms with van der Waals surface area (Å²) >= 11 is 0. The highest BCUT2D eigenvalue weighted by molar-refractivity contribution is 5.86. The summed E-state index contributed by atoms with van der Waals surface area (Å²) in [6.45, 7) is 15.6. The molecule has 0 radical (unpaired) electrons. The lowest BCUT2D eigenvalue weighted by Crippen LogP contribution is -2.52. The van der Waals surface area contributed by atoms with E-state index in [0.717, 1.165) is 0 Å². The highest BCUT2D eigenvalue weighted by Gasteiger charge is 2.27. The first-order chi connectivity index (χ1) is 24.1. The van der Waals surface area contributed by atoms with Gasteiger partial charge in [-0.1, -0.05) is 41.5 Å². The molecule has 0 aromatic rings. The van der Waals surface area contributed by atoms with E-state index in [1.165, 1.54) is 21.3 Å². The Morgan fingerprint density at radius 3 is 0.980 bits per heavy atom. The van der Waals surface area contributed by atoms with Gasteiger partial charge in [0.1, 0.15) is 18.1 Å². The fourth-order valence-electron chi connectivity index (χ4n) is 5.79. The number of ether oxygens (including phenoxy) is 3. The van der Waals surface area contributed by atoms with Gasteiger partial charge in [-0.05, 0) is 37.0 Å². The molecule has 0 unspecified atom stereocenters. The average molecular weight is 728 g/mol. The summed E-state index contributed by atoms with van der Waals surface area (Å²) in [5.74, 6) is -2.00. The number of esters is 3. The Hall–Kier alpha value is -3.34. The molecule has 1 rings (SSSR count). The first kappa shape index (κ1) is 45.7. The second kappa shape index (κ2) is 24.8. The van der Waals surface area contributed by atoms with Crippen molar-refractivity contribution in [2.75, 3.05) is 93.3 Å². The third-order valence-corrected chi connectivity index (χ3v) is 8.36. The zero-order chi connectivity index (χ0) is 38.5. The van der Waals surface area contributed by atoms with Gasteiger partial charge in [-0.3, -0.25) is 29.1 Å². The van der Waals surface area contributed by atoms with Crippen LogP contribution in [0.1, 0.15) is 60.8 Å². The predicted molar refractivity (Wildman–Crippen MR) is 192 cm³/mol. The average Bonchev–Trinajstić information content (AvgIpc) is 3.05. The quantitative estimate of drug-likeness (QED) is 0.106. The smallest absolute Gasteiger partial charge is 0.328 e. The van der Waals surface area contributed by atoms with E-state index in [1.54, 1.807) is 0 Å². The molecular weight excluding hydrogens is 662 g/mol. The van der Waals surface area contributed by atoms with Crippen molar-refractivity contribution in [2.45, 2.75) is 78.9 Å². The van der Waals surface area contributed by atoms with E-state index in [-0.39, 0.29) is 55.1 Å². The minimum atomic E-state index is -0.788. The number of nitrogens with one attached hydrogen (secondary N) is 4. The van der Waals surface area contributed by atoms with Crippen LogP contribution >= 0.6 is 0 Å². The van der Waals surface area contributed by atoms with E-state index in [9.17, 15) is 28.8 Å². The van der Waals surface area contributed by atoms with Gasteiger partial charge in [0.05, 0.1) is 41.0 Å². The molecule has 3 amide bonds. The molecule has 1 aliphatic rings. The molecule has 1 heterocycles. The number of carbonyl (C=O) groups is 6. The monoisotopic (exact) mass is 727 g/mol.